The molecule has 2 nitrogen and oxygen atoms in total. The van der Waals surface area contributed by atoms with Gasteiger partial charge in [-0.3, -0.25) is 0 Å². The van der Waals surface area contributed by atoms with Crippen LogP contribution in [0.4, 0.5) is 101 Å². The molecule has 0 fully saturated rings. The van der Waals surface area contributed by atoms with Crippen molar-refractivity contribution in [1.29, 1.82) is 0 Å². The fourth-order valence-corrected chi connectivity index (χ4v) is 2.24. The van der Waals surface area contributed by atoms with E-state index in [4.69, 9.17) is 0 Å². The highest BCUT2D eigenvalue weighted by Gasteiger charge is 2.98. The SMILES string of the molecule is O=C(Cl)OC(F)(Cl)C(F)(F)C(F)(F)C(F)(F)C(F)(F)C(F)(F)C(F)(F)C(F)(F)C(F)(F)C(F)(F)C(F)(F)F. The lowest BCUT2D eigenvalue weighted by molar-refractivity contribution is -0.477. The first kappa shape index (κ1) is 36.5. The minimum Gasteiger partial charge on any atom is -0.397 e. The van der Waals surface area contributed by atoms with E-state index in [9.17, 15) is 101 Å². The maximum Gasteiger partial charge on any atom is 0.460 e. The lowest BCUT2D eigenvalue weighted by Crippen LogP contribution is -2.77. The minimum absolute atomic E-state index is 2.29. The molecule has 0 aromatic carbocycles. The number of carbonyl (C=O) groups excluding carboxylic acids is 1. The summed E-state index contributed by atoms with van der Waals surface area (Å²) in [6, 6.07) is 0. The van der Waals surface area contributed by atoms with E-state index in [0.29, 0.717) is 0 Å². The highest BCUT2D eigenvalue weighted by molar-refractivity contribution is 6.61. The largest absolute Gasteiger partial charge is 0.460 e. The smallest absolute Gasteiger partial charge is 0.397 e. The van der Waals surface area contributed by atoms with E-state index in [0.717, 1.165) is 0 Å². The van der Waals surface area contributed by atoms with Crippen LogP contribution in [-0.4, -0.2) is 70.2 Å². The Bertz CT molecular complexity index is 904. The van der Waals surface area contributed by atoms with E-state index in [1.165, 1.54) is 0 Å². The molecule has 1 atom stereocenters. The molecule has 0 saturated carbocycles. The molecule has 228 valence electrons. The zero-order chi connectivity index (χ0) is 31.8. The summed E-state index contributed by atoms with van der Waals surface area (Å²) in [4.78, 5) is 10.1. The molecule has 0 heterocycles. The average molecular weight is 665 g/mol. The molecule has 0 aliphatic carbocycles. The quantitative estimate of drug-likeness (QED) is 0.133. The summed E-state index contributed by atoms with van der Waals surface area (Å²) in [5.74, 6) is -80.8. The lowest BCUT2D eigenvalue weighted by atomic mass is 9.86. The molecule has 0 saturated heterocycles. The van der Waals surface area contributed by atoms with Gasteiger partial charge in [0.2, 0.25) is 0 Å². The van der Waals surface area contributed by atoms with Crippen LogP contribution in [0.1, 0.15) is 0 Å². The third-order valence-electron chi connectivity index (χ3n) is 4.08. The maximum absolute atomic E-state index is 13.5. The van der Waals surface area contributed by atoms with Crippen molar-refractivity contribution in [2.45, 2.75) is 64.8 Å². The van der Waals surface area contributed by atoms with Gasteiger partial charge in [-0.2, -0.15) is 96.6 Å². The molecule has 0 rings (SSSR count). The van der Waals surface area contributed by atoms with Crippen molar-refractivity contribution < 1.29 is 106 Å². The van der Waals surface area contributed by atoms with Gasteiger partial charge < -0.3 is 4.74 Å². The summed E-state index contributed by atoms with van der Waals surface area (Å²) < 4.78 is 291. The van der Waals surface area contributed by atoms with Gasteiger partial charge in [-0.1, -0.05) is 0 Å². The average Bonchev–Trinajstić information content (AvgIpc) is 2.64. The van der Waals surface area contributed by atoms with E-state index in [1.807, 2.05) is 0 Å². The van der Waals surface area contributed by atoms with Crippen LogP contribution in [0.25, 0.3) is 0 Å². The molecular formula is C12Cl2F22O2. The fraction of sp³-hybridized carbons (Fsp3) is 0.917. The van der Waals surface area contributed by atoms with Gasteiger partial charge in [0.25, 0.3) is 0 Å². The maximum atomic E-state index is 13.5. The van der Waals surface area contributed by atoms with Gasteiger partial charge in [-0.15, -0.1) is 0 Å². The normalized spacial score (nSPS) is 17.8. The molecule has 1 unspecified atom stereocenters. The summed E-state index contributed by atoms with van der Waals surface area (Å²) in [7, 11) is 0. The Kier molecular flexibility index (Phi) is 8.66. The van der Waals surface area contributed by atoms with Crippen molar-refractivity contribution in [3.05, 3.63) is 0 Å². The first-order valence-corrected chi connectivity index (χ1v) is 8.40. The van der Waals surface area contributed by atoms with Crippen LogP contribution in [0.15, 0.2) is 0 Å². The van der Waals surface area contributed by atoms with Gasteiger partial charge in [0.15, 0.2) is 0 Å². The van der Waals surface area contributed by atoms with Crippen molar-refractivity contribution in [2.75, 3.05) is 0 Å². The molecule has 38 heavy (non-hydrogen) atoms. The summed E-state index contributed by atoms with van der Waals surface area (Å²) in [5, 5.41) is -6.60. The Morgan fingerprint density at radius 2 is 0.579 bits per heavy atom. The van der Waals surface area contributed by atoms with Gasteiger partial charge >= 0.3 is 70.2 Å². The van der Waals surface area contributed by atoms with E-state index >= 15 is 0 Å². The fourth-order valence-electron chi connectivity index (χ4n) is 1.91. The second kappa shape index (κ2) is 9.01. The third-order valence-corrected chi connectivity index (χ3v) is 4.48. The number of alkyl halides is 23. The number of rotatable bonds is 10. The second-order valence-corrected chi connectivity index (χ2v) is 7.32. The highest BCUT2D eigenvalue weighted by atomic mass is 35.5. The number of ether oxygens (including phenoxy) is 1. The molecule has 0 bridgehead atoms. The minimum atomic E-state index is -9.41. The van der Waals surface area contributed by atoms with Crippen LogP contribution in [0.5, 0.6) is 0 Å². The van der Waals surface area contributed by atoms with Crippen molar-refractivity contribution in [3.63, 3.8) is 0 Å². The number of carbonyl (C=O) groups is 1. The van der Waals surface area contributed by atoms with Crippen LogP contribution >= 0.6 is 23.2 Å². The molecule has 0 aliphatic rings. The third kappa shape index (κ3) is 4.43. The summed E-state index contributed by atoms with van der Waals surface area (Å²) in [5.41, 5.74) is -3.11. The summed E-state index contributed by atoms with van der Waals surface area (Å²) in [6.45, 7) is 0. The molecule has 0 radical (unpaired) electrons. The number of hydrogen-bond donors (Lipinski definition) is 0. The summed E-state index contributed by atoms with van der Waals surface area (Å²) in [6.07, 6.45) is -8.10. The molecule has 0 aliphatic heterocycles. The number of hydrogen-bond acceptors (Lipinski definition) is 2. The van der Waals surface area contributed by atoms with Gasteiger partial charge in [-0.05, 0) is 11.6 Å². The van der Waals surface area contributed by atoms with E-state index in [-0.39, 0.29) is 0 Å². The Labute approximate surface area is 200 Å². The number of halogens is 24. The van der Waals surface area contributed by atoms with Crippen LogP contribution in [0.2, 0.25) is 0 Å². The van der Waals surface area contributed by atoms with Gasteiger partial charge in [0, 0.05) is 11.6 Å². The molecule has 26 heteroatoms. The molecule has 0 amide bonds. The van der Waals surface area contributed by atoms with E-state index in [2.05, 4.69) is 27.9 Å². The molecule has 0 N–H and O–H groups in total. The first-order valence-electron chi connectivity index (χ1n) is 7.65. The van der Waals surface area contributed by atoms with Crippen LogP contribution in [-0.2, 0) is 4.74 Å². The van der Waals surface area contributed by atoms with E-state index < -0.39 is 70.2 Å². The van der Waals surface area contributed by atoms with Gasteiger partial charge in [-0.25, -0.2) is 4.79 Å². The zero-order valence-electron chi connectivity index (χ0n) is 15.9. The highest BCUT2D eigenvalue weighted by Crippen LogP contribution is 2.67. The van der Waals surface area contributed by atoms with Crippen molar-refractivity contribution >= 4 is 28.6 Å². The van der Waals surface area contributed by atoms with Crippen molar-refractivity contribution in [3.8, 4) is 0 Å². The predicted octanol–water partition coefficient (Wildman–Crippen LogP) is 8.50. The molecule has 0 aromatic rings. The Morgan fingerprint density at radius 1 is 0.395 bits per heavy atom. The molecule has 0 aromatic heterocycles. The standard InChI is InChI=1S/C12Cl2F22O2/c13-1(37)38-11(14,33)9(29,30)7(25,26)5(21,22)3(17,18)2(15,16)4(19,20)6(23,24)8(27,28)10(31,32)12(34,35)36. The van der Waals surface area contributed by atoms with Crippen molar-refractivity contribution in [2.24, 2.45) is 0 Å². The summed E-state index contributed by atoms with van der Waals surface area (Å²) >= 11 is 7.75. The Morgan fingerprint density at radius 3 is 0.763 bits per heavy atom. The van der Waals surface area contributed by atoms with Crippen molar-refractivity contribution in [1.82, 2.24) is 0 Å². The van der Waals surface area contributed by atoms with Crippen LogP contribution in [0.3, 0.4) is 0 Å². The van der Waals surface area contributed by atoms with Gasteiger partial charge in [0.1, 0.15) is 0 Å². The van der Waals surface area contributed by atoms with Gasteiger partial charge in [0.05, 0.1) is 0 Å². The Hall–Kier alpha value is -1.49. The molecule has 0 spiro atoms. The molecular weight excluding hydrogens is 665 g/mol. The predicted molar refractivity (Wildman–Crippen MR) is 72.6 cm³/mol. The van der Waals surface area contributed by atoms with Crippen LogP contribution < -0.4 is 0 Å². The van der Waals surface area contributed by atoms with Crippen LogP contribution in [0, 0.1) is 0 Å². The first-order chi connectivity index (χ1) is 15.9. The topological polar surface area (TPSA) is 26.3 Å². The lowest BCUT2D eigenvalue weighted by Gasteiger charge is -2.45. The van der Waals surface area contributed by atoms with E-state index in [1.54, 1.807) is 0 Å². The second-order valence-electron chi connectivity index (χ2n) is 6.52. The monoisotopic (exact) mass is 664 g/mol. The Balaban J connectivity index is 7.20. The zero-order valence-corrected chi connectivity index (χ0v) is 17.4.